The van der Waals surface area contributed by atoms with Crippen molar-refractivity contribution in [2.45, 2.75) is 18.9 Å². The Balaban J connectivity index is 2.13. The van der Waals surface area contributed by atoms with E-state index in [1.165, 1.54) is 4.40 Å². The minimum atomic E-state index is -1.05. The summed E-state index contributed by atoms with van der Waals surface area (Å²) >= 11 is 0. The van der Waals surface area contributed by atoms with Crippen LogP contribution in [0.2, 0.25) is 0 Å². The maximum absolute atomic E-state index is 12.0. The number of carboxylic acid groups (broad SMARTS) is 1. The SMILES string of the molecule is CNC(=O)C1CCCN1c1nc2ccccn2c1C(=O)O. The second kappa shape index (κ2) is 5.08. The van der Waals surface area contributed by atoms with Crippen molar-refractivity contribution in [2.75, 3.05) is 18.5 Å². The van der Waals surface area contributed by atoms with Crippen LogP contribution in [0.15, 0.2) is 24.4 Å². The quantitative estimate of drug-likeness (QED) is 0.870. The molecule has 2 N–H and O–H groups in total. The number of likely N-dealkylation sites (N-methyl/N-ethyl adjacent to an activating group) is 1. The van der Waals surface area contributed by atoms with Crippen molar-refractivity contribution in [3.05, 3.63) is 30.1 Å². The fraction of sp³-hybridized carbons (Fsp3) is 0.357. The Morgan fingerprint density at radius 2 is 2.24 bits per heavy atom. The molecule has 7 heteroatoms. The largest absolute Gasteiger partial charge is 0.476 e. The molecule has 3 heterocycles. The highest BCUT2D eigenvalue weighted by atomic mass is 16.4. The van der Waals surface area contributed by atoms with E-state index in [-0.39, 0.29) is 17.6 Å². The van der Waals surface area contributed by atoms with Crippen LogP contribution in [0.5, 0.6) is 0 Å². The van der Waals surface area contributed by atoms with E-state index < -0.39 is 5.97 Å². The van der Waals surface area contributed by atoms with Crippen molar-refractivity contribution in [2.24, 2.45) is 0 Å². The zero-order valence-corrected chi connectivity index (χ0v) is 11.6. The molecular formula is C14H16N4O3. The summed E-state index contributed by atoms with van der Waals surface area (Å²) in [5, 5.41) is 12.1. The molecule has 1 saturated heterocycles. The number of hydrogen-bond acceptors (Lipinski definition) is 4. The number of anilines is 1. The third-order valence-electron chi connectivity index (χ3n) is 3.79. The Morgan fingerprint density at radius 3 is 2.95 bits per heavy atom. The minimum Gasteiger partial charge on any atom is -0.476 e. The predicted octanol–water partition coefficient (Wildman–Crippen LogP) is 0.747. The lowest BCUT2D eigenvalue weighted by atomic mass is 10.2. The van der Waals surface area contributed by atoms with Gasteiger partial charge in [0, 0.05) is 19.8 Å². The highest BCUT2D eigenvalue weighted by molar-refractivity contribution is 5.95. The number of imidazole rings is 1. The van der Waals surface area contributed by atoms with Crippen LogP contribution in [0.3, 0.4) is 0 Å². The number of carbonyl (C=O) groups excluding carboxylic acids is 1. The molecule has 21 heavy (non-hydrogen) atoms. The molecule has 0 bridgehead atoms. The summed E-state index contributed by atoms with van der Waals surface area (Å²) in [5.74, 6) is -0.799. The summed E-state index contributed by atoms with van der Waals surface area (Å²) in [6, 6.07) is 4.95. The first kappa shape index (κ1) is 13.4. The van der Waals surface area contributed by atoms with E-state index in [4.69, 9.17) is 0 Å². The molecule has 0 aliphatic carbocycles. The van der Waals surface area contributed by atoms with Gasteiger partial charge in [0.25, 0.3) is 0 Å². The molecule has 7 nitrogen and oxygen atoms in total. The number of rotatable bonds is 3. The van der Waals surface area contributed by atoms with Crippen LogP contribution in [-0.4, -0.2) is 46.0 Å². The van der Waals surface area contributed by atoms with Gasteiger partial charge in [-0.25, -0.2) is 9.78 Å². The van der Waals surface area contributed by atoms with Gasteiger partial charge >= 0.3 is 5.97 Å². The van der Waals surface area contributed by atoms with Gasteiger partial charge in [-0.1, -0.05) is 6.07 Å². The summed E-state index contributed by atoms with van der Waals surface area (Å²) in [6.45, 7) is 0.627. The number of fused-ring (bicyclic) bond motifs is 1. The second-order valence-electron chi connectivity index (χ2n) is 4.98. The van der Waals surface area contributed by atoms with E-state index in [1.807, 2.05) is 0 Å². The molecule has 3 rings (SSSR count). The van der Waals surface area contributed by atoms with E-state index in [2.05, 4.69) is 10.3 Å². The number of nitrogens with zero attached hydrogens (tertiary/aromatic N) is 3. The summed E-state index contributed by atoms with van der Waals surface area (Å²) in [7, 11) is 1.58. The number of aromatic nitrogens is 2. The standard InChI is InChI=1S/C14H16N4O3/c1-15-13(19)9-5-4-8-17(9)12-11(14(20)21)18-7-3-2-6-10(18)16-12/h2-3,6-7,9H,4-5,8H2,1H3,(H,15,19)(H,20,21). The molecule has 2 aromatic heterocycles. The molecule has 110 valence electrons. The lowest BCUT2D eigenvalue weighted by molar-refractivity contribution is -0.121. The van der Waals surface area contributed by atoms with Gasteiger partial charge in [0.1, 0.15) is 11.7 Å². The van der Waals surface area contributed by atoms with Gasteiger partial charge in [0.2, 0.25) is 5.91 Å². The molecule has 0 saturated carbocycles. The Labute approximate surface area is 121 Å². The third kappa shape index (κ3) is 2.10. The van der Waals surface area contributed by atoms with E-state index in [0.29, 0.717) is 24.4 Å². The molecule has 1 aliphatic rings. The number of carbonyl (C=O) groups is 2. The van der Waals surface area contributed by atoms with Crippen molar-refractivity contribution >= 4 is 23.3 Å². The summed E-state index contributed by atoms with van der Waals surface area (Å²) in [4.78, 5) is 29.8. The summed E-state index contributed by atoms with van der Waals surface area (Å²) in [5.41, 5.74) is 0.661. The molecule has 1 fully saturated rings. The Kier molecular flexibility index (Phi) is 3.25. The van der Waals surface area contributed by atoms with Crippen LogP contribution in [0.25, 0.3) is 5.65 Å². The van der Waals surface area contributed by atoms with Gasteiger partial charge in [0.05, 0.1) is 0 Å². The fourth-order valence-electron chi connectivity index (χ4n) is 2.84. The van der Waals surface area contributed by atoms with Gasteiger partial charge in [-0.15, -0.1) is 0 Å². The van der Waals surface area contributed by atoms with E-state index in [0.717, 1.165) is 6.42 Å². The van der Waals surface area contributed by atoms with Gasteiger partial charge in [-0.3, -0.25) is 9.20 Å². The number of carboxylic acids is 1. The van der Waals surface area contributed by atoms with Gasteiger partial charge in [-0.2, -0.15) is 0 Å². The number of amides is 1. The summed E-state index contributed by atoms with van der Waals surface area (Å²) < 4.78 is 1.54. The van der Waals surface area contributed by atoms with Crippen LogP contribution in [0, 0.1) is 0 Å². The maximum Gasteiger partial charge on any atom is 0.356 e. The molecule has 0 spiro atoms. The number of pyridine rings is 1. The van der Waals surface area contributed by atoms with Crippen LogP contribution < -0.4 is 10.2 Å². The van der Waals surface area contributed by atoms with E-state index in [9.17, 15) is 14.7 Å². The number of nitrogens with one attached hydrogen (secondary N) is 1. The number of aromatic carboxylic acids is 1. The zero-order chi connectivity index (χ0) is 15.0. The van der Waals surface area contributed by atoms with Crippen molar-refractivity contribution in [3.63, 3.8) is 0 Å². The Morgan fingerprint density at radius 1 is 1.43 bits per heavy atom. The highest BCUT2D eigenvalue weighted by Gasteiger charge is 2.35. The molecular weight excluding hydrogens is 272 g/mol. The normalized spacial score (nSPS) is 18.1. The van der Waals surface area contributed by atoms with Crippen LogP contribution in [0.1, 0.15) is 23.3 Å². The molecule has 1 amide bonds. The molecule has 1 atom stereocenters. The van der Waals surface area contributed by atoms with Gasteiger partial charge < -0.3 is 15.3 Å². The molecule has 2 aromatic rings. The highest BCUT2D eigenvalue weighted by Crippen LogP contribution is 2.29. The zero-order valence-electron chi connectivity index (χ0n) is 11.6. The van der Waals surface area contributed by atoms with Gasteiger partial charge in [-0.05, 0) is 25.0 Å². The first-order valence-electron chi connectivity index (χ1n) is 6.82. The van der Waals surface area contributed by atoms with Crippen molar-refractivity contribution in [1.29, 1.82) is 0 Å². The average molecular weight is 288 g/mol. The topological polar surface area (TPSA) is 86.9 Å². The maximum atomic E-state index is 12.0. The molecule has 1 unspecified atom stereocenters. The van der Waals surface area contributed by atoms with E-state index in [1.54, 1.807) is 36.3 Å². The monoisotopic (exact) mass is 288 g/mol. The average Bonchev–Trinajstić information content (AvgIpc) is 3.09. The molecule has 0 radical (unpaired) electrons. The smallest absolute Gasteiger partial charge is 0.356 e. The predicted molar refractivity (Wildman–Crippen MR) is 76.6 cm³/mol. The molecule has 1 aliphatic heterocycles. The molecule has 0 aromatic carbocycles. The van der Waals surface area contributed by atoms with Crippen molar-refractivity contribution < 1.29 is 14.7 Å². The second-order valence-corrected chi connectivity index (χ2v) is 4.98. The minimum absolute atomic E-state index is 0.0985. The fourth-order valence-corrected chi connectivity index (χ4v) is 2.84. The van der Waals surface area contributed by atoms with Crippen molar-refractivity contribution in [3.8, 4) is 0 Å². The van der Waals surface area contributed by atoms with Crippen LogP contribution >= 0.6 is 0 Å². The third-order valence-corrected chi connectivity index (χ3v) is 3.79. The lowest BCUT2D eigenvalue weighted by Crippen LogP contribution is -2.42. The lowest BCUT2D eigenvalue weighted by Gasteiger charge is -2.23. The first-order chi connectivity index (χ1) is 10.1. The van der Waals surface area contributed by atoms with Crippen molar-refractivity contribution in [1.82, 2.24) is 14.7 Å². The van der Waals surface area contributed by atoms with Crippen LogP contribution in [-0.2, 0) is 4.79 Å². The Hall–Kier alpha value is -2.57. The Bertz CT molecular complexity index is 709. The number of hydrogen-bond donors (Lipinski definition) is 2. The van der Waals surface area contributed by atoms with E-state index >= 15 is 0 Å². The summed E-state index contributed by atoms with van der Waals surface area (Å²) in [6.07, 6.45) is 3.21. The first-order valence-corrected chi connectivity index (χ1v) is 6.82. The van der Waals surface area contributed by atoms with Gasteiger partial charge in [0.15, 0.2) is 11.5 Å². The van der Waals surface area contributed by atoms with Crippen LogP contribution in [0.4, 0.5) is 5.82 Å².